The number of hydrogen-bond donors (Lipinski definition) is 1. The Morgan fingerprint density at radius 2 is 2.08 bits per heavy atom. The molecule has 1 atom stereocenters. The van der Waals surface area contributed by atoms with E-state index in [-0.39, 0.29) is 0 Å². The number of nitrogens with one attached hydrogen (secondary N) is 1. The van der Waals surface area contributed by atoms with Crippen molar-refractivity contribution in [3.05, 3.63) is 48.3 Å². The van der Waals surface area contributed by atoms with E-state index in [0.717, 1.165) is 12.8 Å². The van der Waals surface area contributed by atoms with Crippen LogP contribution in [0.2, 0.25) is 0 Å². The fourth-order valence-electron chi connectivity index (χ4n) is 2.30. The standard InChI is InChI=1S/C18H20N4O3/c1-14(23)25-17(15-8-4-2-5-9-15)18(24)21-16-12-20-22(13-16)11-7-3-6-10-19/h2,4-5,8-9,12-13,17H,3,6-7,11H2,1H3,(H,21,24)/t17-/m1/s1. The summed E-state index contributed by atoms with van der Waals surface area (Å²) in [5.41, 5.74) is 1.12. The number of aryl methyl sites for hydroxylation is 1. The van der Waals surface area contributed by atoms with E-state index in [0.29, 0.717) is 24.2 Å². The van der Waals surface area contributed by atoms with Gasteiger partial charge in [0.25, 0.3) is 5.91 Å². The molecule has 0 saturated carbocycles. The molecule has 0 aliphatic rings. The topological polar surface area (TPSA) is 97.0 Å². The lowest BCUT2D eigenvalue weighted by atomic mass is 10.1. The van der Waals surface area contributed by atoms with Crippen LogP contribution >= 0.6 is 0 Å². The maximum absolute atomic E-state index is 12.5. The number of hydrogen-bond acceptors (Lipinski definition) is 5. The number of aromatic nitrogens is 2. The number of carbonyl (C=O) groups excluding carboxylic acids is 2. The van der Waals surface area contributed by atoms with E-state index in [9.17, 15) is 9.59 Å². The second-order valence-electron chi connectivity index (χ2n) is 5.50. The first-order chi connectivity index (χ1) is 12.1. The summed E-state index contributed by atoms with van der Waals surface area (Å²) in [7, 11) is 0. The van der Waals surface area contributed by atoms with Crippen molar-refractivity contribution in [2.45, 2.75) is 38.8 Å². The molecule has 2 aromatic rings. The van der Waals surface area contributed by atoms with Crippen LogP contribution in [0.4, 0.5) is 5.69 Å². The van der Waals surface area contributed by atoms with Crippen LogP contribution in [0.25, 0.3) is 0 Å². The van der Waals surface area contributed by atoms with Crippen LogP contribution in [0.5, 0.6) is 0 Å². The Morgan fingerprint density at radius 1 is 1.32 bits per heavy atom. The Labute approximate surface area is 146 Å². The summed E-state index contributed by atoms with van der Waals surface area (Å²) in [6, 6.07) is 10.9. The number of esters is 1. The smallest absolute Gasteiger partial charge is 0.303 e. The number of unbranched alkanes of at least 4 members (excludes halogenated alkanes) is 2. The molecule has 0 spiro atoms. The van der Waals surface area contributed by atoms with Crippen molar-refractivity contribution in [1.82, 2.24) is 9.78 Å². The molecule has 7 nitrogen and oxygen atoms in total. The number of benzene rings is 1. The number of nitrogens with zero attached hydrogens (tertiary/aromatic N) is 3. The average Bonchev–Trinajstić information content (AvgIpc) is 3.04. The van der Waals surface area contributed by atoms with E-state index in [1.807, 2.05) is 6.07 Å². The van der Waals surface area contributed by atoms with Crippen LogP contribution in [0.15, 0.2) is 42.7 Å². The van der Waals surface area contributed by atoms with Crippen LogP contribution in [0.3, 0.4) is 0 Å². The fourth-order valence-corrected chi connectivity index (χ4v) is 2.30. The van der Waals surface area contributed by atoms with Gasteiger partial charge < -0.3 is 10.1 Å². The minimum Gasteiger partial charge on any atom is -0.447 e. The molecule has 25 heavy (non-hydrogen) atoms. The minimum atomic E-state index is -1.02. The molecule has 1 aromatic heterocycles. The quantitative estimate of drug-likeness (QED) is 0.589. The molecule has 0 unspecified atom stereocenters. The van der Waals surface area contributed by atoms with Crippen molar-refractivity contribution in [2.75, 3.05) is 5.32 Å². The van der Waals surface area contributed by atoms with E-state index >= 15 is 0 Å². The summed E-state index contributed by atoms with van der Waals surface area (Å²) >= 11 is 0. The second-order valence-corrected chi connectivity index (χ2v) is 5.50. The monoisotopic (exact) mass is 340 g/mol. The van der Waals surface area contributed by atoms with Crippen molar-refractivity contribution in [3.63, 3.8) is 0 Å². The molecular formula is C18H20N4O3. The number of carbonyl (C=O) groups is 2. The van der Waals surface area contributed by atoms with Crippen LogP contribution < -0.4 is 5.32 Å². The van der Waals surface area contributed by atoms with Gasteiger partial charge in [0.1, 0.15) is 0 Å². The molecule has 1 amide bonds. The van der Waals surface area contributed by atoms with E-state index in [1.54, 1.807) is 35.1 Å². The predicted molar refractivity (Wildman–Crippen MR) is 91.3 cm³/mol. The van der Waals surface area contributed by atoms with Gasteiger partial charge in [0.05, 0.1) is 18.0 Å². The molecule has 1 aromatic carbocycles. The van der Waals surface area contributed by atoms with Crippen molar-refractivity contribution in [3.8, 4) is 6.07 Å². The van der Waals surface area contributed by atoms with Crippen molar-refractivity contribution < 1.29 is 14.3 Å². The first-order valence-corrected chi connectivity index (χ1v) is 8.02. The highest BCUT2D eigenvalue weighted by Crippen LogP contribution is 2.20. The van der Waals surface area contributed by atoms with Gasteiger partial charge in [-0.1, -0.05) is 30.3 Å². The molecule has 0 radical (unpaired) electrons. The fraction of sp³-hybridized carbons (Fsp3) is 0.333. The molecule has 0 bridgehead atoms. The summed E-state index contributed by atoms with van der Waals surface area (Å²) < 4.78 is 6.86. The van der Waals surface area contributed by atoms with Gasteiger partial charge >= 0.3 is 5.97 Å². The lowest BCUT2D eigenvalue weighted by molar-refractivity contribution is -0.152. The Bertz CT molecular complexity index is 749. The van der Waals surface area contributed by atoms with Gasteiger partial charge in [-0.3, -0.25) is 14.3 Å². The van der Waals surface area contributed by atoms with Crippen molar-refractivity contribution in [2.24, 2.45) is 0 Å². The zero-order valence-corrected chi connectivity index (χ0v) is 14.0. The molecular weight excluding hydrogens is 320 g/mol. The molecule has 130 valence electrons. The SMILES string of the molecule is CC(=O)O[C@@H](C(=O)Nc1cnn(CCCCC#N)c1)c1ccccc1. The molecule has 0 fully saturated rings. The highest BCUT2D eigenvalue weighted by Gasteiger charge is 2.24. The summed E-state index contributed by atoms with van der Waals surface area (Å²) in [4.78, 5) is 23.8. The van der Waals surface area contributed by atoms with Crippen LogP contribution in [0.1, 0.15) is 37.9 Å². The number of nitriles is 1. The number of ether oxygens (including phenoxy) is 1. The first kappa shape index (κ1) is 18.2. The lowest BCUT2D eigenvalue weighted by Crippen LogP contribution is -2.24. The first-order valence-electron chi connectivity index (χ1n) is 8.02. The highest BCUT2D eigenvalue weighted by atomic mass is 16.5. The van der Waals surface area contributed by atoms with Crippen LogP contribution in [-0.4, -0.2) is 21.7 Å². The molecule has 7 heteroatoms. The Balaban J connectivity index is 2.00. The van der Waals surface area contributed by atoms with E-state index in [1.165, 1.54) is 13.1 Å². The van der Waals surface area contributed by atoms with Crippen LogP contribution in [-0.2, 0) is 20.9 Å². The largest absolute Gasteiger partial charge is 0.447 e. The predicted octanol–water partition coefficient (Wildman–Crippen LogP) is 2.82. The molecule has 0 saturated heterocycles. The van der Waals surface area contributed by atoms with E-state index in [4.69, 9.17) is 10.00 Å². The van der Waals surface area contributed by atoms with E-state index in [2.05, 4.69) is 16.5 Å². The third-order valence-electron chi connectivity index (χ3n) is 3.45. The second kappa shape index (κ2) is 9.23. The molecule has 2 rings (SSSR count). The third kappa shape index (κ3) is 5.77. The zero-order valence-electron chi connectivity index (χ0n) is 14.0. The van der Waals surface area contributed by atoms with Gasteiger partial charge in [0.15, 0.2) is 0 Å². The molecule has 0 aliphatic carbocycles. The zero-order chi connectivity index (χ0) is 18.1. The normalized spacial score (nSPS) is 11.4. The number of rotatable bonds is 8. The summed E-state index contributed by atoms with van der Waals surface area (Å²) in [5.74, 6) is -0.970. The van der Waals surface area contributed by atoms with Gasteiger partial charge in [-0.15, -0.1) is 0 Å². The number of anilines is 1. The molecule has 0 aliphatic heterocycles. The summed E-state index contributed by atoms with van der Waals surface area (Å²) in [6.07, 6.45) is 4.39. The number of amides is 1. The van der Waals surface area contributed by atoms with Gasteiger partial charge in [-0.2, -0.15) is 10.4 Å². The Morgan fingerprint density at radius 3 is 2.76 bits per heavy atom. The van der Waals surface area contributed by atoms with Gasteiger partial charge in [0.2, 0.25) is 6.10 Å². The Hall–Kier alpha value is -3.14. The third-order valence-corrected chi connectivity index (χ3v) is 3.45. The maximum Gasteiger partial charge on any atom is 0.303 e. The van der Waals surface area contributed by atoms with Gasteiger partial charge in [-0.05, 0) is 12.8 Å². The lowest BCUT2D eigenvalue weighted by Gasteiger charge is -2.16. The maximum atomic E-state index is 12.5. The van der Waals surface area contributed by atoms with Crippen molar-refractivity contribution in [1.29, 1.82) is 5.26 Å². The summed E-state index contributed by atoms with van der Waals surface area (Å²) in [5, 5.41) is 15.4. The Kier molecular flexibility index (Phi) is 6.72. The van der Waals surface area contributed by atoms with Gasteiger partial charge in [-0.25, -0.2) is 0 Å². The minimum absolute atomic E-state index is 0.439. The van der Waals surface area contributed by atoms with Gasteiger partial charge in [0, 0.05) is 31.6 Å². The molecule has 1 heterocycles. The highest BCUT2D eigenvalue weighted by molar-refractivity contribution is 5.95. The van der Waals surface area contributed by atoms with Crippen molar-refractivity contribution >= 4 is 17.6 Å². The summed E-state index contributed by atoms with van der Waals surface area (Å²) in [6.45, 7) is 1.94. The molecule has 1 N–H and O–H groups in total. The average molecular weight is 340 g/mol. The van der Waals surface area contributed by atoms with Crippen LogP contribution in [0, 0.1) is 11.3 Å². The van der Waals surface area contributed by atoms with E-state index < -0.39 is 18.0 Å².